The van der Waals surface area contributed by atoms with Gasteiger partial charge in [-0.2, -0.15) is 0 Å². The number of carbonyl (C=O) groups excluding carboxylic acids is 1. The third kappa shape index (κ3) is 80.9. The number of esters is 1. The van der Waals surface area contributed by atoms with Crippen molar-refractivity contribution in [1.82, 2.24) is 0 Å². The van der Waals surface area contributed by atoms with Crippen molar-refractivity contribution in [3.05, 3.63) is 0 Å². The Hall–Kier alpha value is 0.340. The molecule has 0 aromatic heterocycles. The molecule has 0 radical (unpaired) electrons. The summed E-state index contributed by atoms with van der Waals surface area (Å²) in [7, 11) is -5.17. The minimum atomic E-state index is -5.17. The van der Waals surface area contributed by atoms with Crippen LogP contribution >= 0.6 is 0 Å². The van der Waals surface area contributed by atoms with E-state index in [9.17, 15) is 4.79 Å². The monoisotopic (exact) mass is 207 g/mol. The minimum Gasteiger partial charge on any atom is -0.759 e. The Labute approximate surface area is 93.2 Å². The van der Waals surface area contributed by atoms with Crippen LogP contribution in [0.3, 0.4) is 0 Å². The van der Waals surface area contributed by atoms with Crippen molar-refractivity contribution in [1.29, 1.82) is 0 Å². The molecule has 0 saturated heterocycles. The van der Waals surface area contributed by atoms with Gasteiger partial charge in [-0.1, -0.05) is 0 Å². The van der Waals surface area contributed by atoms with E-state index in [4.69, 9.17) is 17.5 Å². The number of ether oxygens (including phenoxy) is 1. The molecule has 0 fully saturated rings. The molecule has 0 aromatic carbocycles. The summed E-state index contributed by atoms with van der Waals surface area (Å²) in [5, 5.41) is 0. The average Bonchev–Trinajstić information content (AvgIpc) is 1.58. The molecular formula is C4H8NaO6S-. The molecule has 0 amide bonds. The van der Waals surface area contributed by atoms with Gasteiger partial charge in [-0.15, -0.1) is 0 Å². The van der Waals surface area contributed by atoms with E-state index in [1.165, 1.54) is 6.92 Å². The molecule has 0 aliphatic carbocycles. The fourth-order valence-electron chi connectivity index (χ4n) is 0.203. The maximum absolute atomic E-state index is 9.82. The smallest absolute Gasteiger partial charge is 0.759 e. The molecular weight excluding hydrogens is 199 g/mol. The molecule has 12 heavy (non-hydrogen) atoms. The molecule has 0 bridgehead atoms. The van der Waals surface area contributed by atoms with E-state index in [-0.39, 0.29) is 35.5 Å². The molecule has 6 nitrogen and oxygen atoms in total. The van der Waals surface area contributed by atoms with Crippen molar-refractivity contribution < 1.29 is 56.6 Å². The zero-order valence-electron chi connectivity index (χ0n) is 7.06. The Morgan fingerprint density at radius 2 is 1.67 bits per heavy atom. The second kappa shape index (κ2) is 9.43. The summed E-state index contributed by atoms with van der Waals surface area (Å²) < 4.78 is 38.5. The number of hydrogen-bond donors (Lipinski definition) is 0. The first kappa shape index (κ1) is 18.2. The van der Waals surface area contributed by atoms with E-state index < -0.39 is 10.4 Å². The molecule has 0 unspecified atom stereocenters. The third-order valence-electron chi connectivity index (χ3n) is 0.348. The van der Waals surface area contributed by atoms with E-state index in [1.807, 2.05) is 0 Å². The first-order valence-corrected chi connectivity index (χ1v) is 3.90. The first-order chi connectivity index (χ1) is 4.77. The van der Waals surface area contributed by atoms with Crippen molar-refractivity contribution >= 4 is 16.4 Å². The van der Waals surface area contributed by atoms with Gasteiger partial charge in [-0.3, -0.25) is 13.2 Å². The van der Waals surface area contributed by atoms with E-state index in [0.717, 1.165) is 0 Å². The van der Waals surface area contributed by atoms with E-state index >= 15 is 0 Å². The Morgan fingerprint density at radius 1 is 1.42 bits per heavy atom. The summed E-state index contributed by atoms with van der Waals surface area (Å²) in [5.41, 5.74) is 0. The molecule has 0 aromatic rings. The van der Waals surface area contributed by atoms with E-state index in [0.29, 0.717) is 6.61 Å². The fourth-order valence-corrected chi connectivity index (χ4v) is 0.203. The van der Waals surface area contributed by atoms with Crippen LogP contribution in [0.4, 0.5) is 0 Å². The van der Waals surface area contributed by atoms with Crippen LogP contribution in [0.5, 0.6) is 0 Å². The van der Waals surface area contributed by atoms with Crippen molar-refractivity contribution in [2.75, 3.05) is 6.61 Å². The van der Waals surface area contributed by atoms with Gasteiger partial charge in [-0.05, 0) is 6.92 Å². The van der Waals surface area contributed by atoms with Crippen LogP contribution in [-0.2, 0) is 19.9 Å². The Kier molecular flexibility index (Phi) is 14.3. The van der Waals surface area contributed by atoms with Crippen LogP contribution in [-0.4, -0.2) is 30.1 Å². The Bertz CT molecular complexity index is 190. The van der Waals surface area contributed by atoms with Gasteiger partial charge in [-0.25, -0.2) is 0 Å². The van der Waals surface area contributed by atoms with E-state index in [1.54, 1.807) is 6.92 Å². The molecule has 8 heteroatoms. The Balaban J connectivity index is -0.000000126. The van der Waals surface area contributed by atoms with Gasteiger partial charge in [0.2, 0.25) is 0 Å². The average molecular weight is 207 g/mol. The van der Waals surface area contributed by atoms with Gasteiger partial charge in [0.25, 0.3) is 0 Å². The molecule has 0 atom stereocenters. The Morgan fingerprint density at radius 3 is 1.67 bits per heavy atom. The second-order valence-corrected chi connectivity index (χ2v) is 2.15. The van der Waals surface area contributed by atoms with Crippen molar-refractivity contribution in [3.63, 3.8) is 0 Å². The molecule has 0 N–H and O–H groups in total. The standard InChI is InChI=1S/C4H8O2.Na.H2O4S/c1-3-6-4(2)5;;1-5(2,3)4/h3H2,1-2H3;;(H2,1,2,3,4)/q;+1;/p-2. The molecule has 0 spiro atoms. The van der Waals surface area contributed by atoms with Crippen LogP contribution < -0.4 is 29.6 Å². The molecule has 0 aliphatic heterocycles. The topological polar surface area (TPSA) is 107 Å². The molecule has 68 valence electrons. The zero-order chi connectivity index (χ0) is 9.49. The second-order valence-electron chi connectivity index (χ2n) is 1.33. The predicted molar refractivity (Wildman–Crippen MR) is 32.8 cm³/mol. The van der Waals surface area contributed by atoms with Crippen molar-refractivity contribution in [2.45, 2.75) is 13.8 Å². The molecule has 0 heterocycles. The summed E-state index contributed by atoms with van der Waals surface area (Å²) in [5.74, 6) is -0.211. The summed E-state index contributed by atoms with van der Waals surface area (Å²) in [6, 6.07) is 0. The first-order valence-electron chi connectivity index (χ1n) is 2.57. The summed E-state index contributed by atoms with van der Waals surface area (Å²) in [6.07, 6.45) is 0. The van der Waals surface area contributed by atoms with E-state index in [2.05, 4.69) is 4.74 Å². The van der Waals surface area contributed by atoms with Gasteiger partial charge in [0.1, 0.15) is 0 Å². The molecule has 0 saturated carbocycles. The van der Waals surface area contributed by atoms with Gasteiger partial charge in [0, 0.05) is 17.3 Å². The van der Waals surface area contributed by atoms with Crippen LogP contribution in [0, 0.1) is 0 Å². The maximum atomic E-state index is 9.82. The number of carbonyl (C=O) groups is 1. The largest absolute Gasteiger partial charge is 1.00 e. The quantitative estimate of drug-likeness (QED) is 0.189. The summed E-state index contributed by atoms with van der Waals surface area (Å²) in [6.45, 7) is 3.65. The van der Waals surface area contributed by atoms with Gasteiger partial charge in [0.15, 0.2) is 0 Å². The predicted octanol–water partition coefficient (Wildman–Crippen LogP) is -3.76. The van der Waals surface area contributed by atoms with Crippen molar-refractivity contribution in [2.24, 2.45) is 0 Å². The number of hydrogen-bond acceptors (Lipinski definition) is 6. The normalized spacial score (nSPS) is 8.67. The van der Waals surface area contributed by atoms with Gasteiger partial charge in [0.05, 0.1) is 6.61 Å². The third-order valence-corrected chi connectivity index (χ3v) is 0.348. The van der Waals surface area contributed by atoms with Crippen LogP contribution in [0.25, 0.3) is 0 Å². The fraction of sp³-hybridized carbons (Fsp3) is 0.750. The molecule has 0 rings (SSSR count). The van der Waals surface area contributed by atoms with Crippen molar-refractivity contribution in [3.8, 4) is 0 Å². The number of rotatable bonds is 1. The van der Waals surface area contributed by atoms with Gasteiger partial charge < -0.3 is 13.8 Å². The minimum absolute atomic E-state index is 0. The molecule has 0 aliphatic rings. The summed E-state index contributed by atoms with van der Waals surface area (Å²) in [4.78, 5) is 9.82. The van der Waals surface area contributed by atoms with Gasteiger partial charge >= 0.3 is 35.5 Å². The SMILES string of the molecule is CCOC(C)=O.O=S(=O)([O-])[O-].[Na+]. The maximum Gasteiger partial charge on any atom is 1.00 e. The summed E-state index contributed by atoms with van der Waals surface area (Å²) >= 11 is 0. The zero-order valence-corrected chi connectivity index (χ0v) is 9.88. The van der Waals surface area contributed by atoms with Crippen LogP contribution in [0.2, 0.25) is 0 Å². The van der Waals surface area contributed by atoms with Crippen LogP contribution in [0.15, 0.2) is 0 Å². The van der Waals surface area contributed by atoms with Crippen LogP contribution in [0.1, 0.15) is 13.8 Å².